The minimum Gasteiger partial charge on any atom is -0.368 e. The van der Waals surface area contributed by atoms with E-state index in [2.05, 4.69) is 10.6 Å². The van der Waals surface area contributed by atoms with Gasteiger partial charge in [-0.25, -0.2) is 0 Å². The Morgan fingerprint density at radius 3 is 2.95 bits per heavy atom. The molecule has 1 fully saturated rings. The Labute approximate surface area is 122 Å². The third-order valence-corrected chi connectivity index (χ3v) is 4.35. The summed E-state index contributed by atoms with van der Waals surface area (Å²) in [5.74, 6) is -0.0406. The summed E-state index contributed by atoms with van der Waals surface area (Å²) < 4.78 is 6.37. The second kappa shape index (κ2) is 7.85. The number of thiophene rings is 1. The lowest BCUT2D eigenvalue weighted by atomic mass is 10.1. The molecule has 0 aliphatic carbocycles. The maximum atomic E-state index is 11.6. The molecule has 0 spiro atoms. The van der Waals surface area contributed by atoms with Crippen LogP contribution < -0.4 is 10.6 Å². The highest BCUT2D eigenvalue weighted by atomic mass is 35.5. The number of carbonyl (C=O) groups excluding carboxylic acids is 1. The van der Waals surface area contributed by atoms with Crippen LogP contribution in [0.2, 0.25) is 4.34 Å². The van der Waals surface area contributed by atoms with E-state index in [1.54, 1.807) is 11.3 Å². The summed E-state index contributed by atoms with van der Waals surface area (Å²) in [5, 5.41) is 6.13. The predicted molar refractivity (Wildman–Crippen MR) is 77.9 cm³/mol. The summed E-state index contributed by atoms with van der Waals surface area (Å²) in [6, 6.07) is 3.87. The lowest BCUT2D eigenvalue weighted by molar-refractivity contribution is -0.128. The largest absolute Gasteiger partial charge is 0.368 e. The molecule has 2 N–H and O–H groups in total. The minimum atomic E-state index is -0.0406. The van der Waals surface area contributed by atoms with E-state index in [0.29, 0.717) is 6.54 Å². The molecule has 2 heterocycles. The van der Waals surface area contributed by atoms with Gasteiger partial charge in [0.1, 0.15) is 6.61 Å². The normalized spacial score (nSPS) is 16.5. The highest BCUT2D eigenvalue weighted by molar-refractivity contribution is 7.16. The highest BCUT2D eigenvalue weighted by Gasteiger charge is 2.14. The molecule has 6 heteroatoms. The lowest BCUT2D eigenvalue weighted by Crippen LogP contribution is -2.36. The van der Waals surface area contributed by atoms with Gasteiger partial charge >= 0.3 is 0 Å². The molecule has 2 rings (SSSR count). The number of carbonyl (C=O) groups is 1. The fourth-order valence-electron chi connectivity index (χ4n) is 2.02. The molecule has 0 unspecified atom stereocenters. The number of nitrogens with one attached hydrogen (secondary N) is 2. The summed E-state index contributed by atoms with van der Waals surface area (Å²) >= 11 is 7.40. The number of halogens is 1. The van der Waals surface area contributed by atoms with Gasteiger partial charge < -0.3 is 15.4 Å². The van der Waals surface area contributed by atoms with E-state index in [1.807, 2.05) is 12.1 Å². The van der Waals surface area contributed by atoms with Gasteiger partial charge in [-0.3, -0.25) is 4.79 Å². The summed E-state index contributed by atoms with van der Waals surface area (Å²) in [7, 11) is 0. The van der Waals surface area contributed by atoms with Gasteiger partial charge in [-0.1, -0.05) is 11.6 Å². The highest BCUT2D eigenvalue weighted by Crippen LogP contribution is 2.21. The fraction of sp³-hybridized carbons (Fsp3) is 0.615. The first-order valence-corrected chi connectivity index (χ1v) is 7.77. The molecule has 1 aliphatic heterocycles. The van der Waals surface area contributed by atoms with Gasteiger partial charge in [-0.05, 0) is 44.5 Å². The van der Waals surface area contributed by atoms with Gasteiger partial charge in [0.25, 0.3) is 0 Å². The van der Waals surface area contributed by atoms with Crippen molar-refractivity contribution in [3.63, 3.8) is 0 Å². The van der Waals surface area contributed by atoms with Crippen molar-refractivity contribution < 1.29 is 9.53 Å². The topological polar surface area (TPSA) is 50.4 Å². The van der Waals surface area contributed by atoms with E-state index in [0.717, 1.165) is 36.7 Å². The molecule has 0 aromatic carbocycles. The van der Waals surface area contributed by atoms with E-state index in [-0.39, 0.29) is 18.6 Å². The van der Waals surface area contributed by atoms with Crippen LogP contribution in [-0.4, -0.2) is 38.3 Å². The van der Waals surface area contributed by atoms with Crippen molar-refractivity contribution in [2.45, 2.75) is 25.4 Å². The molecular weight excluding hydrogens is 284 g/mol. The van der Waals surface area contributed by atoms with Crippen molar-refractivity contribution >= 4 is 28.8 Å². The Morgan fingerprint density at radius 2 is 2.26 bits per heavy atom. The van der Waals surface area contributed by atoms with Crippen molar-refractivity contribution in [2.75, 3.05) is 26.2 Å². The van der Waals surface area contributed by atoms with Crippen molar-refractivity contribution in [1.29, 1.82) is 0 Å². The zero-order chi connectivity index (χ0) is 13.5. The van der Waals surface area contributed by atoms with Crippen LogP contribution in [0.5, 0.6) is 0 Å². The third-order valence-electron chi connectivity index (χ3n) is 3.06. The van der Waals surface area contributed by atoms with E-state index in [4.69, 9.17) is 16.3 Å². The SMILES string of the molecule is O=C(COC1CCNCC1)NCCc1ccc(Cl)s1. The van der Waals surface area contributed by atoms with Gasteiger partial charge in [0.2, 0.25) is 5.91 Å². The van der Waals surface area contributed by atoms with Gasteiger partial charge in [0, 0.05) is 11.4 Å². The van der Waals surface area contributed by atoms with Crippen LogP contribution >= 0.6 is 22.9 Å². The van der Waals surface area contributed by atoms with Crippen LogP contribution in [0, 0.1) is 0 Å². The maximum absolute atomic E-state index is 11.6. The van der Waals surface area contributed by atoms with Crippen molar-refractivity contribution in [2.24, 2.45) is 0 Å². The first kappa shape index (κ1) is 14.8. The Balaban J connectivity index is 1.56. The van der Waals surface area contributed by atoms with Crippen molar-refractivity contribution in [3.8, 4) is 0 Å². The van der Waals surface area contributed by atoms with Crippen LogP contribution in [0.25, 0.3) is 0 Å². The molecule has 1 aliphatic rings. The average Bonchev–Trinajstić information content (AvgIpc) is 2.83. The number of piperidine rings is 1. The van der Waals surface area contributed by atoms with E-state index in [1.165, 1.54) is 4.88 Å². The number of rotatable bonds is 6. The Kier molecular flexibility index (Phi) is 6.10. The van der Waals surface area contributed by atoms with E-state index < -0.39 is 0 Å². The van der Waals surface area contributed by atoms with Gasteiger partial charge in [0.05, 0.1) is 10.4 Å². The second-order valence-corrected chi connectivity index (χ2v) is 6.37. The molecule has 0 atom stereocenters. The average molecular weight is 303 g/mol. The summed E-state index contributed by atoms with van der Waals surface area (Å²) in [6.07, 6.45) is 3.02. The molecular formula is C13H19ClN2O2S. The summed E-state index contributed by atoms with van der Waals surface area (Å²) in [6.45, 7) is 2.75. The Bertz CT molecular complexity index is 405. The Morgan fingerprint density at radius 1 is 1.47 bits per heavy atom. The first-order chi connectivity index (χ1) is 9.24. The minimum absolute atomic E-state index is 0.0406. The van der Waals surface area contributed by atoms with Crippen LogP contribution in [0.1, 0.15) is 17.7 Å². The summed E-state index contributed by atoms with van der Waals surface area (Å²) in [5.41, 5.74) is 0. The molecule has 0 bridgehead atoms. The van der Waals surface area contributed by atoms with Crippen molar-refractivity contribution in [3.05, 3.63) is 21.3 Å². The van der Waals surface area contributed by atoms with E-state index >= 15 is 0 Å². The van der Waals surface area contributed by atoms with Crippen LogP contribution in [0.4, 0.5) is 0 Å². The quantitative estimate of drug-likeness (QED) is 0.843. The molecule has 0 saturated carbocycles. The molecule has 4 nitrogen and oxygen atoms in total. The molecule has 0 radical (unpaired) electrons. The van der Waals surface area contributed by atoms with Crippen LogP contribution in [0.15, 0.2) is 12.1 Å². The number of ether oxygens (including phenoxy) is 1. The maximum Gasteiger partial charge on any atom is 0.246 e. The molecule has 1 aromatic rings. The number of hydrogen-bond donors (Lipinski definition) is 2. The molecule has 106 valence electrons. The predicted octanol–water partition coefficient (Wildman–Crippen LogP) is 1.83. The van der Waals surface area contributed by atoms with Crippen LogP contribution in [0.3, 0.4) is 0 Å². The smallest absolute Gasteiger partial charge is 0.246 e. The zero-order valence-corrected chi connectivity index (χ0v) is 12.4. The fourth-order valence-corrected chi connectivity index (χ4v) is 3.10. The molecule has 1 amide bonds. The van der Waals surface area contributed by atoms with Crippen molar-refractivity contribution in [1.82, 2.24) is 10.6 Å². The second-order valence-electron chi connectivity index (χ2n) is 4.57. The summed E-state index contributed by atoms with van der Waals surface area (Å²) in [4.78, 5) is 12.8. The lowest BCUT2D eigenvalue weighted by Gasteiger charge is -2.22. The number of amides is 1. The Hall–Kier alpha value is -0.620. The molecule has 1 saturated heterocycles. The number of hydrogen-bond acceptors (Lipinski definition) is 4. The molecule has 19 heavy (non-hydrogen) atoms. The third kappa shape index (κ3) is 5.48. The van der Waals surface area contributed by atoms with Gasteiger partial charge in [-0.2, -0.15) is 0 Å². The monoisotopic (exact) mass is 302 g/mol. The van der Waals surface area contributed by atoms with E-state index in [9.17, 15) is 4.79 Å². The molecule has 1 aromatic heterocycles. The van der Waals surface area contributed by atoms with Crippen LogP contribution in [-0.2, 0) is 16.0 Å². The first-order valence-electron chi connectivity index (χ1n) is 6.57. The zero-order valence-electron chi connectivity index (χ0n) is 10.8. The standard InChI is InChI=1S/C13H19ClN2O2S/c14-12-2-1-11(19-12)5-8-16-13(17)9-18-10-3-6-15-7-4-10/h1-2,10,15H,3-9H2,(H,16,17). The van der Waals surface area contributed by atoms with Gasteiger partial charge in [0.15, 0.2) is 0 Å². The van der Waals surface area contributed by atoms with Gasteiger partial charge in [-0.15, -0.1) is 11.3 Å².